The Bertz CT molecular complexity index is 367. The quantitative estimate of drug-likeness (QED) is 0.852. The molecule has 0 atom stereocenters. The summed E-state index contributed by atoms with van der Waals surface area (Å²) in [5.74, 6) is 0.816. The van der Waals surface area contributed by atoms with Gasteiger partial charge in [0.05, 0.1) is 6.61 Å². The summed E-state index contributed by atoms with van der Waals surface area (Å²) in [6.45, 7) is 8.91. The second-order valence-corrected chi connectivity index (χ2v) is 5.36. The maximum Gasteiger partial charge on any atom is 0.161 e. The third-order valence-electron chi connectivity index (χ3n) is 2.46. The Hall–Kier alpha value is -0.700. The largest absolute Gasteiger partial charge is 0.504 e. The predicted molar refractivity (Wildman–Crippen MR) is 70.6 cm³/mol. The van der Waals surface area contributed by atoms with Crippen LogP contribution in [0.3, 0.4) is 0 Å². The molecule has 3 heteroatoms. The first-order valence-electron chi connectivity index (χ1n) is 5.45. The van der Waals surface area contributed by atoms with E-state index in [0.717, 1.165) is 5.56 Å². The SMILES string of the molecule is CCOc1cc(C(C)(C)C)cc(CBr)c1O. The average Bonchev–Trinajstić information content (AvgIpc) is 2.19. The van der Waals surface area contributed by atoms with Crippen molar-refractivity contribution in [1.82, 2.24) is 0 Å². The van der Waals surface area contributed by atoms with Gasteiger partial charge in [0.1, 0.15) is 0 Å². The van der Waals surface area contributed by atoms with Crippen LogP contribution in [-0.2, 0) is 10.7 Å². The highest BCUT2D eigenvalue weighted by molar-refractivity contribution is 9.08. The molecule has 90 valence electrons. The van der Waals surface area contributed by atoms with Gasteiger partial charge >= 0.3 is 0 Å². The van der Waals surface area contributed by atoms with Crippen molar-refractivity contribution in [3.63, 3.8) is 0 Å². The Kier molecular flexibility index (Phi) is 4.25. The molecule has 2 nitrogen and oxygen atoms in total. The predicted octanol–water partition coefficient (Wildman–Crippen LogP) is 3.98. The van der Waals surface area contributed by atoms with E-state index in [-0.39, 0.29) is 11.2 Å². The van der Waals surface area contributed by atoms with Crippen LogP contribution in [0.5, 0.6) is 11.5 Å². The molecule has 0 heterocycles. The highest BCUT2D eigenvalue weighted by Gasteiger charge is 2.18. The van der Waals surface area contributed by atoms with Gasteiger partial charge in [0.15, 0.2) is 11.5 Å². The van der Waals surface area contributed by atoms with E-state index < -0.39 is 0 Å². The van der Waals surface area contributed by atoms with E-state index in [9.17, 15) is 5.11 Å². The third kappa shape index (κ3) is 2.91. The third-order valence-corrected chi connectivity index (χ3v) is 3.07. The molecule has 0 unspecified atom stereocenters. The summed E-state index contributed by atoms with van der Waals surface area (Å²) in [6.07, 6.45) is 0. The van der Waals surface area contributed by atoms with Crippen LogP contribution in [0.4, 0.5) is 0 Å². The molecule has 0 saturated heterocycles. The van der Waals surface area contributed by atoms with E-state index in [4.69, 9.17) is 4.74 Å². The number of hydrogen-bond donors (Lipinski definition) is 1. The van der Waals surface area contributed by atoms with E-state index in [1.54, 1.807) is 0 Å². The molecule has 1 aromatic rings. The van der Waals surface area contributed by atoms with Gasteiger partial charge in [0.2, 0.25) is 0 Å². The van der Waals surface area contributed by atoms with Gasteiger partial charge < -0.3 is 9.84 Å². The lowest BCUT2D eigenvalue weighted by Gasteiger charge is -2.22. The Morgan fingerprint density at radius 3 is 2.38 bits per heavy atom. The Labute approximate surface area is 106 Å². The van der Waals surface area contributed by atoms with Crippen molar-refractivity contribution in [1.29, 1.82) is 0 Å². The van der Waals surface area contributed by atoms with E-state index in [1.807, 2.05) is 19.1 Å². The van der Waals surface area contributed by atoms with Crippen LogP contribution in [0.2, 0.25) is 0 Å². The van der Waals surface area contributed by atoms with Gasteiger partial charge in [-0.1, -0.05) is 42.8 Å². The molecule has 0 spiro atoms. The highest BCUT2D eigenvalue weighted by atomic mass is 79.9. The van der Waals surface area contributed by atoms with Crippen LogP contribution < -0.4 is 4.74 Å². The Balaban J connectivity index is 3.28. The molecule has 1 N–H and O–H groups in total. The number of phenolic OH excluding ortho intramolecular Hbond substituents is 1. The average molecular weight is 287 g/mol. The molecule has 0 radical (unpaired) electrons. The zero-order valence-electron chi connectivity index (χ0n) is 10.3. The Morgan fingerprint density at radius 1 is 1.31 bits per heavy atom. The molecular weight excluding hydrogens is 268 g/mol. The normalized spacial score (nSPS) is 11.6. The number of halogens is 1. The molecule has 0 aliphatic heterocycles. The number of ether oxygens (including phenoxy) is 1. The van der Waals surface area contributed by atoms with Crippen molar-refractivity contribution in [3.05, 3.63) is 23.3 Å². The summed E-state index contributed by atoms with van der Waals surface area (Å²) >= 11 is 3.38. The lowest BCUT2D eigenvalue weighted by atomic mass is 9.86. The van der Waals surface area contributed by atoms with Gasteiger partial charge in [-0.15, -0.1) is 0 Å². The second-order valence-electron chi connectivity index (χ2n) is 4.80. The molecule has 0 aromatic heterocycles. The molecule has 1 aromatic carbocycles. The van der Waals surface area contributed by atoms with Gasteiger partial charge in [0, 0.05) is 10.9 Å². The highest BCUT2D eigenvalue weighted by Crippen LogP contribution is 2.36. The lowest BCUT2D eigenvalue weighted by molar-refractivity contribution is 0.316. The molecular formula is C13H19BrO2. The second kappa shape index (κ2) is 5.09. The summed E-state index contributed by atoms with van der Waals surface area (Å²) in [7, 11) is 0. The fourth-order valence-electron chi connectivity index (χ4n) is 1.47. The summed E-state index contributed by atoms with van der Waals surface area (Å²) in [4.78, 5) is 0. The number of rotatable bonds is 3. The van der Waals surface area contributed by atoms with Crippen molar-refractivity contribution in [3.8, 4) is 11.5 Å². The summed E-state index contributed by atoms with van der Waals surface area (Å²) < 4.78 is 5.44. The molecule has 0 fully saturated rings. The monoisotopic (exact) mass is 286 g/mol. The minimum absolute atomic E-state index is 0.0521. The summed E-state index contributed by atoms with van der Waals surface area (Å²) in [6, 6.07) is 3.94. The minimum atomic E-state index is 0.0521. The summed E-state index contributed by atoms with van der Waals surface area (Å²) in [5.41, 5.74) is 2.09. The number of alkyl halides is 1. The minimum Gasteiger partial charge on any atom is -0.504 e. The van der Waals surface area contributed by atoms with Crippen LogP contribution in [0.25, 0.3) is 0 Å². The van der Waals surface area contributed by atoms with Crippen molar-refractivity contribution in [2.24, 2.45) is 0 Å². The standard InChI is InChI=1S/C13H19BrO2/c1-5-16-11-7-10(13(2,3)4)6-9(8-14)12(11)15/h6-7,15H,5,8H2,1-4H3. The van der Waals surface area contributed by atoms with Crippen LogP contribution in [0.15, 0.2) is 12.1 Å². The molecule has 0 aliphatic rings. The maximum atomic E-state index is 9.96. The van der Waals surface area contributed by atoms with E-state index in [0.29, 0.717) is 17.7 Å². The van der Waals surface area contributed by atoms with Crippen molar-refractivity contribution in [2.45, 2.75) is 38.4 Å². The fourth-order valence-corrected chi connectivity index (χ4v) is 1.89. The summed E-state index contributed by atoms with van der Waals surface area (Å²) in [5, 5.41) is 10.6. The van der Waals surface area contributed by atoms with Crippen LogP contribution in [0, 0.1) is 0 Å². The van der Waals surface area contributed by atoms with Crippen LogP contribution >= 0.6 is 15.9 Å². The van der Waals surface area contributed by atoms with Crippen molar-refractivity contribution < 1.29 is 9.84 Å². The lowest BCUT2D eigenvalue weighted by Crippen LogP contribution is -2.12. The van der Waals surface area contributed by atoms with Gasteiger partial charge in [-0.25, -0.2) is 0 Å². The first kappa shape index (κ1) is 13.4. The smallest absolute Gasteiger partial charge is 0.161 e. The molecule has 0 saturated carbocycles. The molecule has 16 heavy (non-hydrogen) atoms. The fraction of sp³-hybridized carbons (Fsp3) is 0.538. The van der Waals surface area contributed by atoms with Gasteiger partial charge in [-0.2, -0.15) is 0 Å². The maximum absolute atomic E-state index is 9.96. The number of benzene rings is 1. The number of aromatic hydroxyl groups is 1. The van der Waals surface area contributed by atoms with Gasteiger partial charge in [-0.3, -0.25) is 0 Å². The van der Waals surface area contributed by atoms with Gasteiger partial charge in [0.25, 0.3) is 0 Å². The van der Waals surface area contributed by atoms with Gasteiger partial charge in [-0.05, 0) is 24.0 Å². The number of hydrogen-bond acceptors (Lipinski definition) is 2. The first-order chi connectivity index (χ1) is 7.40. The molecule has 1 rings (SSSR count). The van der Waals surface area contributed by atoms with Crippen molar-refractivity contribution >= 4 is 15.9 Å². The first-order valence-corrected chi connectivity index (χ1v) is 6.57. The molecule has 0 aliphatic carbocycles. The molecule has 0 bridgehead atoms. The number of phenols is 1. The van der Waals surface area contributed by atoms with E-state index in [2.05, 4.69) is 36.7 Å². The van der Waals surface area contributed by atoms with Crippen LogP contribution in [-0.4, -0.2) is 11.7 Å². The van der Waals surface area contributed by atoms with Crippen LogP contribution in [0.1, 0.15) is 38.8 Å². The van der Waals surface area contributed by atoms with E-state index >= 15 is 0 Å². The zero-order chi connectivity index (χ0) is 12.3. The van der Waals surface area contributed by atoms with E-state index in [1.165, 1.54) is 5.56 Å². The Morgan fingerprint density at radius 2 is 1.94 bits per heavy atom. The molecule has 0 amide bonds. The topological polar surface area (TPSA) is 29.5 Å². The van der Waals surface area contributed by atoms with Crippen molar-refractivity contribution in [2.75, 3.05) is 6.61 Å². The zero-order valence-corrected chi connectivity index (χ0v) is 11.9.